The standard InChI is InChI=1S/C36H36N2O3.C24H20INO2.C24H21NO2.C12H17NO2.C5H9NO2.I2/c1-4-15-32(34(39)37-33(25(2)3)35(40)41-24-26-16-7-5-8-17-26)38-36(27-18-9-6-10-19-27)30-22-13-11-20-28(30)29-21-12-14-23-31(29)36;25-15-17-14-22(23(27)28-17)26-24(16-8-2-1-3-9-16)20-12-6-4-10-18(20)19-11-5-7-13-21(19)24;1-2-10-22(23(26)27)25-24(17-11-4-3-5-12-17)20-15-8-6-13-18(20)19-14-7-9-16-21(19)24;1-9(2)11(13)12(14)15-8-10-6-4-3-5-7-10;1-2-3-4(6)5(7)8;1-2/h4-14,16-23,25,32-33,38H,1,15,24H2,2-3H3,(H,37,39);1-13,17,22,26H,14-15H2;2-9,11-16,22,25H,1,10H2,(H,26,27);3-7,9,11H,8,13H2,1-2H3;2,4H,1,3,6H2,(H,7,8);/t32?,33-;;;11-;;/m0..0../s1. The molecule has 7 atom stereocenters. The molecule has 0 saturated carbocycles. The lowest BCUT2D eigenvalue weighted by atomic mass is 9.79. The zero-order valence-corrected chi connectivity index (χ0v) is 74.6. The Bertz CT molecular complexity index is 5180. The van der Waals surface area contributed by atoms with Crippen LogP contribution in [0.2, 0.25) is 0 Å². The Hall–Kier alpha value is -10.6. The molecule has 0 spiro atoms. The Labute approximate surface area is 746 Å². The molecule has 11 aromatic rings. The Morgan fingerprint density at radius 1 is 0.446 bits per heavy atom. The second-order valence-corrected chi connectivity index (χ2v) is 31.1. The highest BCUT2D eigenvalue weighted by Gasteiger charge is 2.51. The van der Waals surface area contributed by atoms with Gasteiger partial charge in [-0.05, 0) is 126 Å². The van der Waals surface area contributed by atoms with E-state index in [-0.39, 0.29) is 48.4 Å². The number of cyclic esters (lactones) is 1. The van der Waals surface area contributed by atoms with Crippen molar-refractivity contribution in [3.63, 3.8) is 0 Å². The molecule has 1 fully saturated rings. The molecule has 10 N–H and O–H groups in total. The molecule has 3 aliphatic carbocycles. The van der Waals surface area contributed by atoms with Gasteiger partial charge < -0.3 is 41.2 Å². The number of amides is 1. The van der Waals surface area contributed by atoms with Crippen molar-refractivity contribution in [2.45, 2.75) is 126 Å². The summed E-state index contributed by atoms with van der Waals surface area (Å²) in [7, 11) is 0. The maximum Gasteiger partial charge on any atom is 0.329 e. The minimum atomic E-state index is -0.982. The molecule has 1 heterocycles. The summed E-state index contributed by atoms with van der Waals surface area (Å²) in [6.07, 6.45) is 6.58. The predicted octanol–water partition coefficient (Wildman–Crippen LogP) is 19.1. The molecule has 4 aliphatic rings. The molecule has 1 aliphatic heterocycles. The lowest BCUT2D eigenvalue weighted by Crippen LogP contribution is -2.57. The van der Waals surface area contributed by atoms with Crippen molar-refractivity contribution in [2.75, 3.05) is 4.43 Å². The number of carboxylic acids is 2. The van der Waals surface area contributed by atoms with Gasteiger partial charge >= 0.3 is 29.8 Å². The summed E-state index contributed by atoms with van der Waals surface area (Å²) in [6, 6.07) is 96.0. The lowest BCUT2D eigenvalue weighted by Gasteiger charge is -2.37. The molecular weight excluding hydrogens is 1850 g/mol. The fourth-order valence-electron chi connectivity index (χ4n) is 15.8. The number of fused-ring (bicyclic) bond motifs is 9. The fourth-order valence-corrected chi connectivity index (χ4v) is 16.3. The zero-order chi connectivity index (χ0) is 86.6. The van der Waals surface area contributed by atoms with Gasteiger partial charge in [-0.25, -0.2) is 4.79 Å². The van der Waals surface area contributed by atoms with Gasteiger partial charge in [-0.1, -0.05) is 366 Å². The summed E-state index contributed by atoms with van der Waals surface area (Å²) in [5, 5.41) is 32.0. The van der Waals surface area contributed by atoms with E-state index in [0.717, 1.165) is 76.8 Å². The molecule has 0 bridgehead atoms. The molecular formula is C101H103I3N6O11. The number of hydrogen-bond donors (Lipinski definition) is 8. The van der Waals surface area contributed by atoms with Crippen LogP contribution in [0.5, 0.6) is 0 Å². The molecule has 624 valence electrons. The maximum atomic E-state index is 14.0. The summed E-state index contributed by atoms with van der Waals surface area (Å²) in [4.78, 5) is 73.1. The van der Waals surface area contributed by atoms with Gasteiger partial charge in [-0.2, -0.15) is 0 Å². The third-order valence-corrected chi connectivity index (χ3v) is 22.7. The number of halogens is 3. The molecule has 5 unspecified atom stereocenters. The topological polar surface area (TPSA) is 271 Å². The Kier molecular flexibility index (Phi) is 34.4. The van der Waals surface area contributed by atoms with Crippen LogP contribution in [0, 0.1) is 11.8 Å². The first-order valence-corrected chi connectivity index (χ1v) is 48.0. The van der Waals surface area contributed by atoms with Gasteiger partial charge in [0.15, 0.2) is 0 Å². The van der Waals surface area contributed by atoms with Gasteiger partial charge in [0.25, 0.3) is 0 Å². The summed E-state index contributed by atoms with van der Waals surface area (Å²) in [5.41, 5.74) is 27.3. The number of carbonyl (C=O) groups is 6. The Balaban J connectivity index is 0.000000170. The van der Waals surface area contributed by atoms with Crippen LogP contribution in [-0.4, -0.2) is 92.7 Å². The number of carbonyl (C=O) groups excluding carboxylic acids is 4. The van der Waals surface area contributed by atoms with Gasteiger partial charge in [-0.15, -0.1) is 19.7 Å². The lowest BCUT2D eigenvalue weighted by molar-refractivity contribution is -0.150. The van der Waals surface area contributed by atoms with Crippen molar-refractivity contribution in [2.24, 2.45) is 23.3 Å². The van der Waals surface area contributed by atoms with Crippen LogP contribution >= 0.6 is 59.8 Å². The van der Waals surface area contributed by atoms with E-state index in [9.17, 15) is 33.9 Å². The third-order valence-electron chi connectivity index (χ3n) is 21.7. The smallest absolute Gasteiger partial charge is 0.329 e. The normalized spacial score (nSPS) is 15.7. The second kappa shape index (κ2) is 44.8. The molecule has 1 saturated heterocycles. The van der Waals surface area contributed by atoms with Crippen LogP contribution in [0.25, 0.3) is 33.4 Å². The highest BCUT2D eigenvalue weighted by molar-refractivity contribution is 15.0. The van der Waals surface area contributed by atoms with Gasteiger partial charge in [0.05, 0.1) is 22.7 Å². The fraction of sp³-hybridized carbons (Fsp3) is 0.228. The average Bonchev–Trinajstić information content (AvgIpc) is 1.55. The monoisotopic (exact) mass is 1960 g/mol. The van der Waals surface area contributed by atoms with E-state index in [0.29, 0.717) is 32.3 Å². The van der Waals surface area contributed by atoms with Crippen LogP contribution in [-0.2, 0) is 72.8 Å². The highest BCUT2D eigenvalue weighted by Crippen LogP contribution is 2.54. The van der Waals surface area contributed by atoms with E-state index >= 15 is 0 Å². The minimum Gasteiger partial charge on any atom is -0.480 e. The van der Waals surface area contributed by atoms with Crippen molar-refractivity contribution in [3.05, 3.63) is 396 Å². The van der Waals surface area contributed by atoms with Gasteiger partial charge in [-0.3, -0.25) is 39.9 Å². The first kappa shape index (κ1) is 92.7. The second-order valence-electron chi connectivity index (χ2n) is 30.2. The van der Waals surface area contributed by atoms with Crippen molar-refractivity contribution in [1.82, 2.24) is 21.3 Å². The van der Waals surface area contributed by atoms with E-state index < -0.39 is 64.7 Å². The third kappa shape index (κ3) is 21.7. The molecule has 121 heavy (non-hydrogen) atoms. The first-order chi connectivity index (χ1) is 58.7. The number of rotatable bonds is 28. The summed E-state index contributed by atoms with van der Waals surface area (Å²) in [6.45, 7) is 19.1. The van der Waals surface area contributed by atoms with Crippen molar-refractivity contribution in [1.29, 1.82) is 0 Å². The molecule has 1 amide bonds. The van der Waals surface area contributed by atoms with E-state index in [1.165, 1.54) is 28.3 Å². The number of nitrogens with two attached hydrogens (primary N) is 2. The van der Waals surface area contributed by atoms with Gasteiger partial charge in [0.1, 0.15) is 49.5 Å². The van der Waals surface area contributed by atoms with E-state index in [4.69, 9.17) is 30.8 Å². The Morgan fingerprint density at radius 3 is 1.07 bits per heavy atom. The molecule has 15 rings (SSSR count). The van der Waals surface area contributed by atoms with E-state index in [1.54, 1.807) is 12.2 Å². The summed E-state index contributed by atoms with van der Waals surface area (Å²) in [5.74, 6) is -3.15. The summed E-state index contributed by atoms with van der Waals surface area (Å²) >= 11 is 6.52. The number of carboxylic acid groups (broad SMARTS) is 2. The predicted molar refractivity (Wildman–Crippen MR) is 507 cm³/mol. The van der Waals surface area contributed by atoms with Crippen LogP contribution in [0.3, 0.4) is 0 Å². The number of ether oxygens (including phenoxy) is 3. The van der Waals surface area contributed by atoms with Crippen LogP contribution in [0.4, 0.5) is 0 Å². The molecule has 20 heteroatoms. The maximum absolute atomic E-state index is 14.0. The van der Waals surface area contributed by atoms with Gasteiger partial charge in [0.2, 0.25) is 5.91 Å². The largest absolute Gasteiger partial charge is 0.480 e. The van der Waals surface area contributed by atoms with Crippen LogP contribution < -0.4 is 32.7 Å². The van der Waals surface area contributed by atoms with Crippen molar-refractivity contribution < 1.29 is 53.2 Å². The van der Waals surface area contributed by atoms with Crippen LogP contribution in [0.1, 0.15) is 115 Å². The molecule has 11 aromatic carbocycles. The number of alkyl halides is 1. The SMILES string of the molecule is C=CCC(N)C(=O)O.C=CCC(NC1(c2ccccc2)c2ccccc2-c2ccccc21)C(=O)N[C@H](C(=O)OCc1ccccc1)C(C)C.C=CCC(NC1(c2ccccc2)c2ccccc2-c2ccccc21)C(=O)O.CC(C)[C@H](N)C(=O)OCc1ccccc1.II.O=C1OC(CI)CC1NC1(c2ccccc2)c2ccccc2-c2ccccc21. The number of esters is 3. The number of aliphatic carboxylic acids is 2. The molecule has 0 radical (unpaired) electrons. The van der Waals surface area contributed by atoms with E-state index in [1.807, 2.05) is 179 Å². The quantitative estimate of drug-likeness (QED) is 0.00744. The van der Waals surface area contributed by atoms with Crippen molar-refractivity contribution in [3.8, 4) is 33.4 Å². The minimum absolute atomic E-state index is 0.0229. The number of hydrogen-bond acceptors (Lipinski definition) is 14. The Morgan fingerprint density at radius 2 is 0.760 bits per heavy atom. The van der Waals surface area contributed by atoms with Crippen molar-refractivity contribution >= 4 is 95.6 Å². The number of nitrogens with one attached hydrogen (secondary N) is 4. The zero-order valence-electron chi connectivity index (χ0n) is 68.1. The average molecular weight is 1960 g/mol. The summed E-state index contributed by atoms with van der Waals surface area (Å²) < 4.78 is 17.1. The highest BCUT2D eigenvalue weighted by atomic mass is 128. The first-order valence-electron chi connectivity index (χ1n) is 40.2. The van der Waals surface area contributed by atoms with E-state index in [2.05, 4.69) is 246 Å². The number of benzene rings is 11. The molecule has 0 aromatic heterocycles. The molecule has 17 nitrogen and oxygen atoms in total. The van der Waals surface area contributed by atoms with Gasteiger partial charge in [0, 0.05) is 48.1 Å². The van der Waals surface area contributed by atoms with Crippen LogP contribution in [0.15, 0.2) is 335 Å².